The first kappa shape index (κ1) is 25.9. The second kappa shape index (κ2) is 11.2. The topological polar surface area (TPSA) is 93.4 Å². The Kier molecular flexibility index (Phi) is 8.08. The SMILES string of the molecule is Cc1ccc(CNC(=O)CCCn2c(=O)c3sccc3n(CC(=O)N3CC(C)CC(C)C3)c2=O)cc1. The molecule has 36 heavy (non-hydrogen) atoms. The molecule has 2 unspecified atom stereocenters. The second-order valence-corrected chi connectivity index (χ2v) is 11.0. The van der Waals surface area contributed by atoms with Crippen molar-refractivity contribution >= 4 is 33.4 Å². The number of benzene rings is 1. The van der Waals surface area contributed by atoms with E-state index in [9.17, 15) is 19.2 Å². The van der Waals surface area contributed by atoms with Crippen LogP contribution in [0.3, 0.4) is 0 Å². The fraction of sp³-hybridized carbons (Fsp3) is 0.481. The molecule has 192 valence electrons. The van der Waals surface area contributed by atoms with Crippen molar-refractivity contribution in [2.75, 3.05) is 13.1 Å². The van der Waals surface area contributed by atoms with Crippen LogP contribution in [0.1, 0.15) is 44.2 Å². The van der Waals surface area contributed by atoms with Crippen molar-refractivity contribution in [1.29, 1.82) is 0 Å². The standard InChI is InChI=1S/C27H34N4O4S/c1-18-6-8-21(9-7-18)14-28-23(32)5-4-11-30-26(34)25-22(10-12-36-25)31(27(30)35)17-24(33)29-15-19(2)13-20(3)16-29/h6-10,12,19-20H,4-5,11,13-17H2,1-3H3,(H,28,32). The van der Waals surface area contributed by atoms with E-state index in [0.29, 0.717) is 48.1 Å². The molecule has 1 aromatic carbocycles. The molecule has 3 aromatic rings. The van der Waals surface area contributed by atoms with E-state index in [0.717, 1.165) is 17.5 Å². The fourth-order valence-electron chi connectivity index (χ4n) is 4.98. The number of carbonyl (C=O) groups excluding carboxylic acids is 2. The van der Waals surface area contributed by atoms with Crippen molar-refractivity contribution in [3.05, 3.63) is 67.7 Å². The van der Waals surface area contributed by atoms with Gasteiger partial charge in [-0.15, -0.1) is 11.3 Å². The van der Waals surface area contributed by atoms with E-state index < -0.39 is 5.69 Å². The van der Waals surface area contributed by atoms with Gasteiger partial charge in [-0.05, 0) is 48.6 Å². The van der Waals surface area contributed by atoms with Crippen LogP contribution in [-0.2, 0) is 29.2 Å². The molecule has 0 saturated carbocycles. The monoisotopic (exact) mass is 510 g/mol. The van der Waals surface area contributed by atoms with Crippen molar-refractivity contribution in [2.45, 2.75) is 59.7 Å². The summed E-state index contributed by atoms with van der Waals surface area (Å²) < 4.78 is 3.03. The van der Waals surface area contributed by atoms with E-state index in [2.05, 4.69) is 19.2 Å². The number of carbonyl (C=O) groups is 2. The minimum atomic E-state index is -0.502. The van der Waals surface area contributed by atoms with Gasteiger partial charge >= 0.3 is 5.69 Å². The summed E-state index contributed by atoms with van der Waals surface area (Å²) in [7, 11) is 0. The largest absolute Gasteiger partial charge is 0.352 e. The first-order chi connectivity index (χ1) is 17.2. The summed E-state index contributed by atoms with van der Waals surface area (Å²) in [6, 6.07) is 9.66. The summed E-state index contributed by atoms with van der Waals surface area (Å²) in [5.74, 6) is 0.594. The van der Waals surface area contributed by atoms with Gasteiger partial charge in [0.1, 0.15) is 11.2 Å². The zero-order chi connectivity index (χ0) is 25.8. The lowest BCUT2D eigenvalue weighted by Crippen LogP contribution is -2.47. The summed E-state index contributed by atoms with van der Waals surface area (Å²) in [6.07, 6.45) is 1.63. The van der Waals surface area contributed by atoms with Crippen LogP contribution in [0.4, 0.5) is 0 Å². The molecule has 2 aromatic heterocycles. The summed E-state index contributed by atoms with van der Waals surface area (Å²) in [6.45, 7) is 8.11. The number of piperidine rings is 1. The number of likely N-dealkylation sites (tertiary alicyclic amines) is 1. The van der Waals surface area contributed by atoms with E-state index in [4.69, 9.17) is 0 Å². The van der Waals surface area contributed by atoms with Crippen LogP contribution in [0.15, 0.2) is 45.3 Å². The molecule has 2 amide bonds. The number of rotatable bonds is 8. The van der Waals surface area contributed by atoms with Gasteiger partial charge in [-0.2, -0.15) is 0 Å². The van der Waals surface area contributed by atoms with Crippen molar-refractivity contribution in [3.63, 3.8) is 0 Å². The first-order valence-corrected chi connectivity index (χ1v) is 13.4. The number of aromatic nitrogens is 2. The van der Waals surface area contributed by atoms with Gasteiger partial charge in [0.2, 0.25) is 11.8 Å². The molecule has 0 spiro atoms. The Morgan fingerprint density at radius 3 is 2.42 bits per heavy atom. The third-order valence-corrected chi connectivity index (χ3v) is 7.64. The van der Waals surface area contributed by atoms with Crippen molar-refractivity contribution in [1.82, 2.24) is 19.4 Å². The summed E-state index contributed by atoms with van der Waals surface area (Å²) >= 11 is 1.26. The number of thiophene rings is 1. The number of hydrogen-bond donors (Lipinski definition) is 1. The Morgan fingerprint density at radius 1 is 1.03 bits per heavy atom. The maximum atomic E-state index is 13.3. The highest BCUT2D eigenvalue weighted by Gasteiger charge is 2.26. The van der Waals surface area contributed by atoms with E-state index in [1.165, 1.54) is 20.5 Å². The van der Waals surface area contributed by atoms with Gasteiger partial charge in [0.15, 0.2) is 0 Å². The van der Waals surface area contributed by atoms with Crippen molar-refractivity contribution in [3.8, 4) is 0 Å². The van der Waals surface area contributed by atoms with Crippen LogP contribution in [0.25, 0.3) is 10.2 Å². The highest BCUT2D eigenvalue weighted by Crippen LogP contribution is 2.22. The third-order valence-electron chi connectivity index (χ3n) is 6.75. The predicted molar refractivity (Wildman–Crippen MR) is 142 cm³/mol. The minimum absolute atomic E-state index is 0.0944. The van der Waals surface area contributed by atoms with E-state index in [1.54, 1.807) is 11.4 Å². The van der Waals surface area contributed by atoms with Crippen LogP contribution in [0, 0.1) is 18.8 Å². The Balaban J connectivity index is 1.44. The molecular formula is C27H34N4O4S. The normalized spacial score (nSPS) is 17.9. The van der Waals surface area contributed by atoms with Crippen molar-refractivity contribution < 1.29 is 9.59 Å². The van der Waals surface area contributed by atoms with Gasteiger partial charge in [-0.1, -0.05) is 43.7 Å². The molecular weight excluding hydrogens is 476 g/mol. The quantitative estimate of drug-likeness (QED) is 0.504. The molecule has 0 radical (unpaired) electrons. The van der Waals surface area contributed by atoms with Crippen LogP contribution in [-0.4, -0.2) is 38.9 Å². The molecule has 1 fully saturated rings. The molecule has 4 rings (SSSR count). The van der Waals surface area contributed by atoms with Crippen molar-refractivity contribution in [2.24, 2.45) is 11.8 Å². The molecule has 1 aliphatic rings. The Bertz CT molecular complexity index is 1340. The summed E-state index contributed by atoms with van der Waals surface area (Å²) in [5.41, 5.74) is 1.80. The zero-order valence-corrected chi connectivity index (χ0v) is 22.0. The molecule has 9 heteroatoms. The van der Waals surface area contributed by atoms with E-state index in [1.807, 2.05) is 36.1 Å². The second-order valence-electron chi connectivity index (χ2n) is 10.1. The Morgan fingerprint density at radius 2 is 1.72 bits per heavy atom. The summed E-state index contributed by atoms with van der Waals surface area (Å²) in [5, 5.41) is 4.65. The molecule has 2 atom stereocenters. The van der Waals surface area contributed by atoms with Gasteiger partial charge in [0, 0.05) is 32.6 Å². The lowest BCUT2D eigenvalue weighted by Gasteiger charge is -2.35. The lowest BCUT2D eigenvalue weighted by molar-refractivity contribution is -0.134. The fourth-order valence-corrected chi connectivity index (χ4v) is 5.82. The molecule has 1 N–H and O–H groups in total. The Hall–Kier alpha value is -3.20. The zero-order valence-electron chi connectivity index (χ0n) is 21.2. The average molecular weight is 511 g/mol. The highest BCUT2D eigenvalue weighted by atomic mass is 32.1. The minimum Gasteiger partial charge on any atom is -0.352 e. The van der Waals surface area contributed by atoms with E-state index >= 15 is 0 Å². The summed E-state index contributed by atoms with van der Waals surface area (Å²) in [4.78, 5) is 53.6. The molecule has 8 nitrogen and oxygen atoms in total. The number of fused-ring (bicyclic) bond motifs is 1. The Labute approximate surface area is 214 Å². The number of aryl methyl sites for hydroxylation is 1. The number of nitrogens with one attached hydrogen (secondary N) is 1. The van der Waals surface area contributed by atoms with Crippen LogP contribution in [0.2, 0.25) is 0 Å². The third kappa shape index (κ3) is 5.95. The number of nitrogens with zero attached hydrogens (tertiary/aromatic N) is 3. The smallest absolute Gasteiger partial charge is 0.332 e. The van der Waals surface area contributed by atoms with Crippen LogP contribution >= 0.6 is 11.3 Å². The van der Waals surface area contributed by atoms with Crippen LogP contribution < -0.4 is 16.6 Å². The average Bonchev–Trinajstić information content (AvgIpc) is 3.33. The van der Waals surface area contributed by atoms with Gasteiger partial charge < -0.3 is 10.2 Å². The van der Waals surface area contributed by atoms with Gasteiger partial charge in [0.25, 0.3) is 5.56 Å². The molecule has 1 saturated heterocycles. The van der Waals surface area contributed by atoms with E-state index in [-0.39, 0.29) is 36.9 Å². The van der Waals surface area contributed by atoms with Gasteiger partial charge in [0.05, 0.1) is 5.52 Å². The highest BCUT2D eigenvalue weighted by molar-refractivity contribution is 7.17. The molecule has 0 bridgehead atoms. The number of amides is 2. The van der Waals surface area contributed by atoms with Crippen LogP contribution in [0.5, 0.6) is 0 Å². The molecule has 0 aliphatic carbocycles. The van der Waals surface area contributed by atoms with Gasteiger partial charge in [-0.25, -0.2) is 4.79 Å². The molecule has 3 heterocycles. The first-order valence-electron chi connectivity index (χ1n) is 12.5. The lowest BCUT2D eigenvalue weighted by atomic mass is 9.92. The maximum absolute atomic E-state index is 13.3. The number of hydrogen-bond acceptors (Lipinski definition) is 5. The van der Waals surface area contributed by atoms with Gasteiger partial charge in [-0.3, -0.25) is 23.5 Å². The maximum Gasteiger partial charge on any atom is 0.332 e. The predicted octanol–water partition coefficient (Wildman–Crippen LogP) is 3.13. The molecule has 1 aliphatic heterocycles.